The van der Waals surface area contributed by atoms with Gasteiger partial charge in [0, 0.05) is 23.1 Å². The first-order valence-electron chi connectivity index (χ1n) is 8.51. The Bertz CT molecular complexity index is 994. The Balaban J connectivity index is 1.77. The van der Waals surface area contributed by atoms with Crippen LogP contribution in [0.25, 0.3) is 0 Å². The van der Waals surface area contributed by atoms with Crippen molar-refractivity contribution in [3.8, 4) is 0 Å². The number of carbonyl (C=O) groups excluding carboxylic acids is 2. The first-order valence-corrected chi connectivity index (χ1v) is 8.51. The highest BCUT2D eigenvalue weighted by Crippen LogP contribution is 2.17. The summed E-state index contributed by atoms with van der Waals surface area (Å²) in [6.07, 6.45) is 1.51. The number of carbonyl (C=O) groups is 2. The molecular formula is C21H20N4O2. The Morgan fingerprint density at radius 2 is 1.67 bits per heavy atom. The van der Waals surface area contributed by atoms with Crippen LogP contribution in [0.3, 0.4) is 0 Å². The van der Waals surface area contributed by atoms with Crippen LogP contribution in [0.15, 0.2) is 54.7 Å². The molecule has 0 bridgehead atoms. The van der Waals surface area contributed by atoms with Crippen LogP contribution in [0.4, 0.5) is 17.3 Å². The summed E-state index contributed by atoms with van der Waals surface area (Å²) in [5.74, 6) is -0.0622. The molecule has 1 aromatic heterocycles. The smallest absolute Gasteiger partial charge is 0.274 e. The van der Waals surface area contributed by atoms with Crippen LogP contribution < -0.4 is 10.6 Å². The van der Waals surface area contributed by atoms with E-state index in [1.807, 2.05) is 32.0 Å². The van der Waals surface area contributed by atoms with Gasteiger partial charge in [0.1, 0.15) is 5.69 Å². The van der Waals surface area contributed by atoms with E-state index in [1.165, 1.54) is 13.1 Å². The third kappa shape index (κ3) is 4.76. The fourth-order valence-electron chi connectivity index (χ4n) is 2.73. The second-order valence-electron chi connectivity index (χ2n) is 6.36. The van der Waals surface area contributed by atoms with Crippen molar-refractivity contribution in [1.29, 1.82) is 0 Å². The average molecular weight is 360 g/mol. The van der Waals surface area contributed by atoms with E-state index in [2.05, 4.69) is 20.6 Å². The van der Waals surface area contributed by atoms with Crippen molar-refractivity contribution in [3.05, 3.63) is 77.1 Å². The van der Waals surface area contributed by atoms with Gasteiger partial charge in [-0.25, -0.2) is 9.97 Å². The summed E-state index contributed by atoms with van der Waals surface area (Å²) in [6.45, 7) is 5.46. The summed E-state index contributed by atoms with van der Waals surface area (Å²) in [5, 5.41) is 5.88. The first kappa shape index (κ1) is 18.3. The quantitative estimate of drug-likeness (QED) is 0.663. The van der Waals surface area contributed by atoms with Crippen LogP contribution in [0.2, 0.25) is 0 Å². The average Bonchev–Trinajstić information content (AvgIpc) is 2.61. The van der Waals surface area contributed by atoms with Crippen molar-refractivity contribution in [2.24, 2.45) is 0 Å². The topological polar surface area (TPSA) is 84.0 Å². The maximum atomic E-state index is 12.5. The lowest BCUT2D eigenvalue weighted by Crippen LogP contribution is -2.15. The molecule has 1 amide bonds. The standard InChI is InChI=1S/C21H20N4O2/c1-13-9-14(2)11-18(10-13)23-20(27)19-7-8-22-21(25-19)24-17-6-4-5-16(12-17)15(3)26/h4-12H,1-3H3,(H,23,27)(H,22,24,25). The van der Waals surface area contributed by atoms with Gasteiger partial charge in [0.25, 0.3) is 5.91 Å². The van der Waals surface area contributed by atoms with Gasteiger partial charge in [-0.1, -0.05) is 18.2 Å². The molecule has 3 rings (SSSR count). The molecule has 0 aliphatic carbocycles. The third-order valence-corrected chi connectivity index (χ3v) is 3.89. The van der Waals surface area contributed by atoms with Gasteiger partial charge in [-0.15, -0.1) is 0 Å². The predicted molar refractivity (Wildman–Crippen MR) is 106 cm³/mol. The number of aromatic nitrogens is 2. The van der Waals surface area contributed by atoms with Crippen LogP contribution in [0.1, 0.15) is 38.9 Å². The third-order valence-electron chi connectivity index (χ3n) is 3.89. The van der Waals surface area contributed by atoms with Gasteiger partial charge in [0.05, 0.1) is 0 Å². The number of aryl methyl sites for hydroxylation is 2. The molecule has 0 saturated carbocycles. The van der Waals surface area contributed by atoms with E-state index < -0.39 is 0 Å². The molecule has 0 aliphatic rings. The van der Waals surface area contributed by atoms with Gasteiger partial charge >= 0.3 is 0 Å². The number of anilines is 3. The monoisotopic (exact) mass is 360 g/mol. The molecule has 0 atom stereocenters. The number of ketones is 1. The van der Waals surface area contributed by atoms with E-state index >= 15 is 0 Å². The molecule has 3 aromatic rings. The Labute approximate surface area is 157 Å². The van der Waals surface area contributed by atoms with Gasteiger partial charge < -0.3 is 10.6 Å². The van der Waals surface area contributed by atoms with E-state index in [1.54, 1.807) is 30.3 Å². The zero-order chi connectivity index (χ0) is 19.4. The van der Waals surface area contributed by atoms with Crippen molar-refractivity contribution < 1.29 is 9.59 Å². The highest BCUT2D eigenvalue weighted by atomic mass is 16.2. The zero-order valence-electron chi connectivity index (χ0n) is 15.4. The Hall–Kier alpha value is -3.54. The second kappa shape index (κ2) is 7.78. The minimum Gasteiger partial charge on any atom is -0.324 e. The fourth-order valence-corrected chi connectivity index (χ4v) is 2.73. The van der Waals surface area contributed by atoms with Crippen LogP contribution in [0.5, 0.6) is 0 Å². The Kier molecular flexibility index (Phi) is 5.26. The molecule has 0 saturated heterocycles. The lowest BCUT2D eigenvalue weighted by Gasteiger charge is -2.09. The molecule has 136 valence electrons. The van der Waals surface area contributed by atoms with E-state index in [-0.39, 0.29) is 23.3 Å². The number of amides is 1. The number of rotatable bonds is 5. The van der Waals surface area contributed by atoms with Crippen LogP contribution in [0, 0.1) is 13.8 Å². The van der Waals surface area contributed by atoms with Gasteiger partial charge in [-0.05, 0) is 62.2 Å². The number of Topliss-reactive ketones (excluding diaryl/α,β-unsaturated/α-hetero) is 1. The van der Waals surface area contributed by atoms with Crippen LogP contribution in [-0.4, -0.2) is 21.7 Å². The van der Waals surface area contributed by atoms with Crippen molar-refractivity contribution in [1.82, 2.24) is 9.97 Å². The zero-order valence-corrected chi connectivity index (χ0v) is 15.4. The largest absolute Gasteiger partial charge is 0.324 e. The maximum absolute atomic E-state index is 12.5. The van der Waals surface area contributed by atoms with Gasteiger partial charge in [0.15, 0.2) is 5.78 Å². The van der Waals surface area contributed by atoms with E-state index in [0.29, 0.717) is 11.3 Å². The molecule has 0 fully saturated rings. The van der Waals surface area contributed by atoms with Gasteiger partial charge in [-0.3, -0.25) is 9.59 Å². The van der Waals surface area contributed by atoms with Crippen molar-refractivity contribution in [3.63, 3.8) is 0 Å². The molecule has 0 spiro atoms. The molecule has 6 heteroatoms. The van der Waals surface area contributed by atoms with Crippen molar-refractivity contribution >= 4 is 29.0 Å². The molecule has 1 heterocycles. The molecule has 27 heavy (non-hydrogen) atoms. The molecule has 2 N–H and O–H groups in total. The summed E-state index contributed by atoms with van der Waals surface area (Å²) < 4.78 is 0. The van der Waals surface area contributed by atoms with E-state index in [0.717, 1.165) is 16.8 Å². The van der Waals surface area contributed by atoms with Gasteiger partial charge in [-0.2, -0.15) is 0 Å². The molecule has 0 unspecified atom stereocenters. The predicted octanol–water partition coefficient (Wildman–Crippen LogP) is 4.29. The molecular weight excluding hydrogens is 340 g/mol. The normalized spacial score (nSPS) is 10.3. The SMILES string of the molecule is CC(=O)c1cccc(Nc2nccc(C(=O)Nc3cc(C)cc(C)c3)n2)c1. The summed E-state index contributed by atoms with van der Waals surface area (Å²) >= 11 is 0. The molecule has 6 nitrogen and oxygen atoms in total. The van der Waals surface area contributed by atoms with E-state index in [4.69, 9.17) is 0 Å². The molecule has 0 radical (unpaired) electrons. The van der Waals surface area contributed by atoms with E-state index in [9.17, 15) is 9.59 Å². The highest BCUT2D eigenvalue weighted by Gasteiger charge is 2.10. The number of hydrogen-bond donors (Lipinski definition) is 2. The lowest BCUT2D eigenvalue weighted by molar-refractivity contribution is 0.101. The van der Waals surface area contributed by atoms with Crippen LogP contribution in [-0.2, 0) is 0 Å². The Morgan fingerprint density at radius 3 is 2.37 bits per heavy atom. The maximum Gasteiger partial charge on any atom is 0.274 e. The minimum absolute atomic E-state index is 0.0267. The summed E-state index contributed by atoms with van der Waals surface area (Å²) in [7, 11) is 0. The highest BCUT2D eigenvalue weighted by molar-refractivity contribution is 6.03. The van der Waals surface area contributed by atoms with Crippen LogP contribution >= 0.6 is 0 Å². The number of hydrogen-bond acceptors (Lipinski definition) is 5. The summed E-state index contributed by atoms with van der Waals surface area (Å²) in [5.41, 5.74) is 4.37. The van der Waals surface area contributed by atoms with Crippen molar-refractivity contribution in [2.45, 2.75) is 20.8 Å². The second-order valence-corrected chi connectivity index (χ2v) is 6.36. The number of nitrogens with zero attached hydrogens (tertiary/aromatic N) is 2. The lowest BCUT2D eigenvalue weighted by atomic mass is 10.1. The summed E-state index contributed by atoms with van der Waals surface area (Å²) in [4.78, 5) is 32.4. The number of nitrogens with one attached hydrogen (secondary N) is 2. The minimum atomic E-state index is -0.317. The summed E-state index contributed by atoms with van der Waals surface area (Å²) in [6, 6.07) is 14.4. The Morgan fingerprint density at radius 1 is 0.926 bits per heavy atom. The molecule has 0 aliphatic heterocycles. The molecule has 2 aromatic carbocycles. The first-order chi connectivity index (χ1) is 12.9. The fraction of sp³-hybridized carbons (Fsp3) is 0.143. The van der Waals surface area contributed by atoms with Crippen molar-refractivity contribution in [2.75, 3.05) is 10.6 Å². The number of benzene rings is 2. The van der Waals surface area contributed by atoms with Gasteiger partial charge in [0.2, 0.25) is 5.95 Å².